The van der Waals surface area contributed by atoms with Crippen molar-refractivity contribution in [2.45, 2.75) is 25.8 Å². The molecular weight excluding hydrogens is 387 g/mol. The molecule has 150 valence electrons. The van der Waals surface area contributed by atoms with Gasteiger partial charge in [0.2, 0.25) is 0 Å². The molecule has 1 saturated heterocycles. The van der Waals surface area contributed by atoms with Crippen molar-refractivity contribution in [2.24, 2.45) is 5.73 Å². The van der Waals surface area contributed by atoms with E-state index < -0.39 is 5.91 Å². The fraction of sp³-hybridized carbons (Fsp3) is 0.273. The lowest BCUT2D eigenvalue weighted by Crippen LogP contribution is -2.24. The van der Waals surface area contributed by atoms with E-state index in [2.05, 4.69) is 17.1 Å². The molecule has 0 radical (unpaired) electrons. The van der Waals surface area contributed by atoms with Crippen LogP contribution >= 0.6 is 11.3 Å². The van der Waals surface area contributed by atoms with Crippen LogP contribution in [0.2, 0.25) is 0 Å². The maximum Gasteiger partial charge on any atom is 0.251 e. The number of nitrogens with one attached hydrogen (secondary N) is 1. The van der Waals surface area contributed by atoms with Gasteiger partial charge in [-0.3, -0.25) is 9.69 Å². The summed E-state index contributed by atoms with van der Waals surface area (Å²) < 4.78 is 13.2. The number of hydrogen-bond donors (Lipinski definition) is 2. The summed E-state index contributed by atoms with van der Waals surface area (Å²) in [6, 6.07) is 14.0. The van der Waals surface area contributed by atoms with Crippen LogP contribution in [-0.2, 0) is 0 Å². The molecule has 3 aromatic rings. The smallest absolute Gasteiger partial charge is 0.251 e. The quantitative estimate of drug-likeness (QED) is 0.603. The van der Waals surface area contributed by atoms with Crippen LogP contribution in [0.25, 0.3) is 10.4 Å². The number of pyridine rings is 1. The maximum atomic E-state index is 13.2. The van der Waals surface area contributed by atoms with Gasteiger partial charge in [-0.15, -0.1) is 11.3 Å². The van der Waals surface area contributed by atoms with Crippen LogP contribution in [0, 0.1) is 5.82 Å². The summed E-state index contributed by atoms with van der Waals surface area (Å²) in [6.45, 7) is 4.36. The fourth-order valence-electron chi connectivity index (χ4n) is 3.61. The minimum atomic E-state index is -0.515. The van der Waals surface area contributed by atoms with Crippen molar-refractivity contribution in [1.29, 1.82) is 0 Å². The number of likely N-dealkylation sites (tertiary alicyclic amines) is 1. The van der Waals surface area contributed by atoms with Crippen molar-refractivity contribution in [3.63, 3.8) is 0 Å². The Balaban J connectivity index is 1.61. The lowest BCUT2D eigenvalue weighted by molar-refractivity contribution is 0.100. The number of amides is 1. The van der Waals surface area contributed by atoms with Crippen molar-refractivity contribution in [1.82, 2.24) is 9.88 Å². The molecule has 5 nitrogen and oxygen atoms in total. The molecule has 7 heteroatoms. The highest BCUT2D eigenvalue weighted by molar-refractivity contribution is 7.19. The van der Waals surface area contributed by atoms with Gasteiger partial charge >= 0.3 is 0 Å². The number of benzene rings is 1. The van der Waals surface area contributed by atoms with Gasteiger partial charge < -0.3 is 11.1 Å². The highest BCUT2D eigenvalue weighted by Crippen LogP contribution is 2.37. The van der Waals surface area contributed by atoms with Crippen molar-refractivity contribution in [3.05, 3.63) is 65.6 Å². The Kier molecular flexibility index (Phi) is 5.60. The highest BCUT2D eigenvalue weighted by Gasteiger charge is 2.21. The SMILES string of the molecule is C[C@H](c1cccc(Nc2sc(-c3ccc(F)cc3)cc2C(N)=O)n1)N1CCCC1. The molecule has 3 heterocycles. The third kappa shape index (κ3) is 4.31. The summed E-state index contributed by atoms with van der Waals surface area (Å²) in [5.74, 6) is -0.144. The van der Waals surface area contributed by atoms with Crippen LogP contribution in [0.1, 0.15) is 41.9 Å². The standard InChI is InChI=1S/C22H23FN4OS/c1-14(27-11-2-3-12-27)18-5-4-6-20(25-18)26-22-17(21(24)28)13-19(29-22)15-7-9-16(23)10-8-15/h4-10,13-14H,2-3,11-12H2,1H3,(H2,24,28)(H,25,26)/t14-/m1/s1. The van der Waals surface area contributed by atoms with Crippen molar-refractivity contribution >= 4 is 28.1 Å². The average molecular weight is 411 g/mol. The molecule has 0 unspecified atom stereocenters. The number of carbonyl (C=O) groups is 1. The van der Waals surface area contributed by atoms with Crippen LogP contribution in [0.3, 0.4) is 0 Å². The summed E-state index contributed by atoms with van der Waals surface area (Å²) in [6.07, 6.45) is 2.46. The van der Waals surface area contributed by atoms with Gasteiger partial charge in [-0.05, 0) is 68.8 Å². The Morgan fingerprint density at radius 1 is 1.21 bits per heavy atom. The first kappa shape index (κ1) is 19.5. The Bertz CT molecular complexity index is 1010. The number of hydrogen-bond acceptors (Lipinski definition) is 5. The number of thiophene rings is 1. The predicted octanol–water partition coefficient (Wildman–Crippen LogP) is 4.95. The Hall–Kier alpha value is -2.77. The Morgan fingerprint density at radius 3 is 2.62 bits per heavy atom. The van der Waals surface area contributed by atoms with Crippen LogP contribution in [0.15, 0.2) is 48.5 Å². The van der Waals surface area contributed by atoms with E-state index in [1.165, 1.54) is 36.3 Å². The first-order chi connectivity index (χ1) is 14.0. The molecule has 1 atom stereocenters. The minimum absolute atomic E-state index is 0.243. The van der Waals surface area contributed by atoms with E-state index in [0.29, 0.717) is 16.4 Å². The summed E-state index contributed by atoms with van der Waals surface area (Å²) in [7, 11) is 0. The van der Waals surface area contributed by atoms with Gasteiger partial charge in [-0.2, -0.15) is 0 Å². The molecule has 0 saturated carbocycles. The molecular formula is C22H23FN4OS. The lowest BCUT2D eigenvalue weighted by atomic mass is 10.1. The van der Waals surface area contributed by atoms with Crippen LogP contribution in [-0.4, -0.2) is 28.9 Å². The number of carbonyl (C=O) groups excluding carboxylic acids is 1. The number of halogens is 1. The predicted molar refractivity (Wildman–Crippen MR) is 115 cm³/mol. The molecule has 3 N–H and O–H groups in total. The molecule has 0 aliphatic carbocycles. The van der Waals surface area contributed by atoms with Gasteiger partial charge in [-0.1, -0.05) is 18.2 Å². The van der Waals surface area contributed by atoms with E-state index in [-0.39, 0.29) is 11.9 Å². The summed E-state index contributed by atoms with van der Waals surface area (Å²) in [4.78, 5) is 20.0. The van der Waals surface area contributed by atoms with Crippen molar-refractivity contribution in [3.8, 4) is 10.4 Å². The van der Waals surface area contributed by atoms with E-state index in [1.807, 2.05) is 18.2 Å². The summed E-state index contributed by atoms with van der Waals surface area (Å²) in [5.41, 5.74) is 7.81. The van der Waals surface area contributed by atoms with Gasteiger partial charge in [-0.25, -0.2) is 9.37 Å². The second-order valence-electron chi connectivity index (χ2n) is 7.22. The number of rotatable bonds is 6. The third-order valence-corrected chi connectivity index (χ3v) is 6.35. The largest absolute Gasteiger partial charge is 0.366 e. The molecule has 0 bridgehead atoms. The zero-order valence-corrected chi connectivity index (χ0v) is 17.0. The Labute approximate surface area is 173 Å². The normalized spacial score (nSPS) is 15.4. The first-order valence-electron chi connectivity index (χ1n) is 9.69. The van der Waals surface area contributed by atoms with Gasteiger partial charge in [0, 0.05) is 10.9 Å². The molecule has 1 fully saturated rings. The minimum Gasteiger partial charge on any atom is -0.366 e. The van der Waals surface area contributed by atoms with Gasteiger partial charge in [0.25, 0.3) is 5.91 Å². The van der Waals surface area contributed by atoms with Gasteiger partial charge in [0.15, 0.2) is 0 Å². The molecule has 0 spiro atoms. The number of anilines is 2. The topological polar surface area (TPSA) is 71.2 Å². The van der Waals surface area contributed by atoms with Crippen molar-refractivity contribution in [2.75, 3.05) is 18.4 Å². The molecule has 1 aliphatic heterocycles. The molecule has 1 aromatic carbocycles. The van der Waals surface area contributed by atoms with E-state index in [9.17, 15) is 9.18 Å². The van der Waals surface area contributed by atoms with E-state index in [4.69, 9.17) is 10.7 Å². The van der Waals surface area contributed by atoms with E-state index >= 15 is 0 Å². The van der Waals surface area contributed by atoms with Gasteiger partial charge in [0.1, 0.15) is 16.6 Å². The monoisotopic (exact) mass is 410 g/mol. The zero-order chi connectivity index (χ0) is 20.4. The maximum absolute atomic E-state index is 13.2. The second-order valence-corrected chi connectivity index (χ2v) is 8.27. The van der Waals surface area contributed by atoms with Crippen LogP contribution in [0.5, 0.6) is 0 Å². The number of nitrogens with two attached hydrogens (primary N) is 1. The molecule has 2 aromatic heterocycles. The van der Waals surface area contributed by atoms with Crippen LogP contribution in [0.4, 0.5) is 15.2 Å². The average Bonchev–Trinajstić information content (AvgIpc) is 3.38. The van der Waals surface area contributed by atoms with Crippen LogP contribution < -0.4 is 11.1 Å². The zero-order valence-electron chi connectivity index (χ0n) is 16.2. The Morgan fingerprint density at radius 2 is 1.93 bits per heavy atom. The molecule has 4 rings (SSSR count). The highest BCUT2D eigenvalue weighted by atomic mass is 32.1. The second kappa shape index (κ2) is 8.31. The van der Waals surface area contributed by atoms with Gasteiger partial charge in [0.05, 0.1) is 11.3 Å². The fourth-order valence-corrected chi connectivity index (χ4v) is 4.69. The number of aromatic nitrogens is 1. The molecule has 29 heavy (non-hydrogen) atoms. The first-order valence-corrected chi connectivity index (χ1v) is 10.5. The number of nitrogens with zero attached hydrogens (tertiary/aromatic N) is 2. The van der Waals surface area contributed by atoms with Crippen molar-refractivity contribution < 1.29 is 9.18 Å². The summed E-state index contributed by atoms with van der Waals surface area (Å²) in [5, 5.41) is 3.89. The molecule has 1 amide bonds. The molecule has 1 aliphatic rings. The van der Waals surface area contributed by atoms with E-state index in [1.54, 1.807) is 18.2 Å². The lowest BCUT2D eigenvalue weighted by Gasteiger charge is -2.23. The van der Waals surface area contributed by atoms with E-state index in [0.717, 1.165) is 29.2 Å². The summed E-state index contributed by atoms with van der Waals surface area (Å²) >= 11 is 1.40. The number of primary amides is 1. The third-order valence-electron chi connectivity index (χ3n) is 5.25.